The van der Waals surface area contributed by atoms with Gasteiger partial charge in [0.25, 0.3) is 0 Å². The van der Waals surface area contributed by atoms with Crippen molar-refractivity contribution in [3.8, 4) is 0 Å². The number of carboxylic acid groups (broad SMARTS) is 1. The lowest BCUT2D eigenvalue weighted by atomic mass is 9.98. The molecule has 1 aromatic rings. The van der Waals surface area contributed by atoms with E-state index in [0.717, 1.165) is 25.7 Å². The second-order valence-electron chi connectivity index (χ2n) is 4.86. The number of hydrazine groups is 1. The molecule has 7 heteroatoms. The lowest BCUT2D eigenvalue weighted by molar-refractivity contribution is -0.133. The first-order valence-corrected chi connectivity index (χ1v) is 7.11. The fourth-order valence-electron chi connectivity index (χ4n) is 2.07. The van der Waals surface area contributed by atoms with Crippen molar-refractivity contribution in [3.63, 3.8) is 0 Å². The highest BCUT2D eigenvalue weighted by molar-refractivity contribution is 5.86. The van der Waals surface area contributed by atoms with Crippen molar-refractivity contribution in [1.29, 1.82) is 0 Å². The second kappa shape index (κ2) is 9.62. The van der Waals surface area contributed by atoms with E-state index in [1.165, 1.54) is 18.6 Å². The zero-order chi connectivity index (χ0) is 16.4. The normalized spacial score (nSPS) is 15.9. The van der Waals surface area contributed by atoms with Crippen LogP contribution in [0.3, 0.4) is 0 Å². The van der Waals surface area contributed by atoms with Crippen molar-refractivity contribution >= 4 is 5.97 Å². The van der Waals surface area contributed by atoms with E-state index in [1.807, 2.05) is 5.43 Å². The van der Waals surface area contributed by atoms with Gasteiger partial charge in [-0.25, -0.2) is 9.18 Å². The molecule has 1 aliphatic carbocycles. The Balaban J connectivity index is 0.000000287. The zero-order valence-electron chi connectivity index (χ0n) is 12.3. The van der Waals surface area contributed by atoms with Crippen molar-refractivity contribution in [2.24, 2.45) is 11.6 Å². The van der Waals surface area contributed by atoms with Gasteiger partial charge in [-0.3, -0.25) is 5.84 Å². The standard InChI is InChI=1S/C9H17N3O3.C6H5F/c10-8(7(12-11)9(13)14)15-6-4-2-1-3-5-6;7-6-4-2-1-3-5-6/h6,12H,1-5,10-11H2,(H,13,14);1-5H/b8-7+;. The molecule has 0 spiro atoms. The first-order chi connectivity index (χ1) is 10.5. The van der Waals surface area contributed by atoms with Gasteiger partial charge < -0.3 is 21.0 Å². The van der Waals surface area contributed by atoms with Gasteiger partial charge in [0.1, 0.15) is 11.9 Å². The zero-order valence-corrected chi connectivity index (χ0v) is 12.3. The number of aliphatic carboxylic acids is 1. The molecule has 0 amide bonds. The van der Waals surface area contributed by atoms with Crippen molar-refractivity contribution < 1.29 is 19.0 Å². The van der Waals surface area contributed by atoms with Crippen LogP contribution in [0.2, 0.25) is 0 Å². The van der Waals surface area contributed by atoms with Crippen LogP contribution in [-0.2, 0) is 9.53 Å². The Bertz CT molecular complexity index is 488. The van der Waals surface area contributed by atoms with E-state index in [1.54, 1.807) is 18.2 Å². The van der Waals surface area contributed by atoms with Crippen LogP contribution in [0.15, 0.2) is 41.9 Å². The Morgan fingerprint density at radius 2 is 1.82 bits per heavy atom. The quantitative estimate of drug-likeness (QED) is 0.292. The van der Waals surface area contributed by atoms with Gasteiger partial charge in [-0.15, -0.1) is 0 Å². The first-order valence-electron chi connectivity index (χ1n) is 7.11. The number of rotatable bonds is 4. The molecular weight excluding hydrogens is 289 g/mol. The van der Waals surface area contributed by atoms with Crippen LogP contribution >= 0.6 is 0 Å². The Labute approximate surface area is 128 Å². The van der Waals surface area contributed by atoms with E-state index < -0.39 is 5.97 Å². The van der Waals surface area contributed by atoms with E-state index in [0.29, 0.717) is 0 Å². The predicted octanol–water partition coefficient (Wildman–Crippen LogP) is 1.84. The number of hydrogen-bond acceptors (Lipinski definition) is 5. The third-order valence-corrected chi connectivity index (χ3v) is 3.18. The maximum atomic E-state index is 11.9. The van der Waals surface area contributed by atoms with E-state index in [4.69, 9.17) is 21.4 Å². The summed E-state index contributed by atoms with van der Waals surface area (Å²) in [5, 5.41) is 8.71. The first kappa shape index (κ1) is 17.8. The summed E-state index contributed by atoms with van der Waals surface area (Å²) in [5.41, 5.74) is 7.22. The fourth-order valence-corrected chi connectivity index (χ4v) is 2.07. The minimum absolute atomic E-state index is 0.0152. The van der Waals surface area contributed by atoms with Crippen LogP contribution in [0.25, 0.3) is 0 Å². The largest absolute Gasteiger partial charge is 0.476 e. The third kappa shape index (κ3) is 6.45. The molecule has 0 aliphatic heterocycles. The smallest absolute Gasteiger partial charge is 0.358 e. The molecular formula is C15H22FN3O3. The molecule has 1 aromatic carbocycles. The molecule has 22 heavy (non-hydrogen) atoms. The lowest BCUT2D eigenvalue weighted by Gasteiger charge is -2.23. The van der Waals surface area contributed by atoms with E-state index >= 15 is 0 Å². The van der Waals surface area contributed by atoms with Gasteiger partial charge in [0.05, 0.1) is 0 Å². The van der Waals surface area contributed by atoms with Crippen molar-refractivity contribution in [2.45, 2.75) is 38.2 Å². The topological polar surface area (TPSA) is 111 Å². The summed E-state index contributed by atoms with van der Waals surface area (Å²) in [6, 6.07) is 7.94. The number of benzene rings is 1. The number of hydrogen-bond donors (Lipinski definition) is 4. The average Bonchev–Trinajstić information content (AvgIpc) is 2.50. The molecule has 0 saturated heterocycles. The van der Waals surface area contributed by atoms with Gasteiger partial charge in [0.2, 0.25) is 5.88 Å². The van der Waals surface area contributed by atoms with Crippen molar-refractivity contribution in [3.05, 3.63) is 47.7 Å². The van der Waals surface area contributed by atoms with Gasteiger partial charge in [0, 0.05) is 0 Å². The molecule has 1 saturated carbocycles. The van der Waals surface area contributed by atoms with E-state index in [2.05, 4.69) is 0 Å². The highest BCUT2D eigenvalue weighted by Crippen LogP contribution is 2.21. The van der Waals surface area contributed by atoms with Crippen molar-refractivity contribution in [1.82, 2.24) is 5.43 Å². The molecule has 2 rings (SSSR count). The molecule has 6 N–H and O–H groups in total. The van der Waals surface area contributed by atoms with Gasteiger partial charge in [-0.1, -0.05) is 24.6 Å². The molecule has 1 aliphatic rings. The third-order valence-electron chi connectivity index (χ3n) is 3.18. The number of halogens is 1. The monoisotopic (exact) mass is 311 g/mol. The number of ether oxygens (including phenoxy) is 1. The van der Waals surface area contributed by atoms with Crippen LogP contribution in [0.5, 0.6) is 0 Å². The molecule has 6 nitrogen and oxygen atoms in total. The molecule has 0 radical (unpaired) electrons. The highest BCUT2D eigenvalue weighted by atomic mass is 19.1. The number of nitrogens with one attached hydrogen (secondary N) is 1. The number of carboxylic acids is 1. The summed E-state index contributed by atoms with van der Waals surface area (Å²) in [4.78, 5) is 10.7. The van der Waals surface area contributed by atoms with Gasteiger partial charge in [-0.05, 0) is 37.8 Å². The fraction of sp³-hybridized carbons (Fsp3) is 0.400. The summed E-state index contributed by atoms with van der Waals surface area (Å²) in [5.74, 6) is 3.49. The predicted molar refractivity (Wildman–Crippen MR) is 80.5 cm³/mol. The highest BCUT2D eigenvalue weighted by Gasteiger charge is 2.19. The number of carbonyl (C=O) groups is 1. The molecule has 0 bridgehead atoms. The SMILES string of the molecule is Fc1ccccc1.NN/C(C(=O)O)=C(\N)OC1CCCCC1. The van der Waals surface area contributed by atoms with E-state index in [-0.39, 0.29) is 23.5 Å². The van der Waals surface area contributed by atoms with Crippen molar-refractivity contribution in [2.75, 3.05) is 0 Å². The summed E-state index contributed by atoms with van der Waals surface area (Å²) in [6.07, 6.45) is 5.23. The summed E-state index contributed by atoms with van der Waals surface area (Å²) in [6.45, 7) is 0. The van der Waals surface area contributed by atoms with Crippen LogP contribution in [-0.4, -0.2) is 17.2 Å². The Morgan fingerprint density at radius 3 is 2.23 bits per heavy atom. The van der Waals surface area contributed by atoms with E-state index in [9.17, 15) is 9.18 Å². The number of nitrogens with two attached hydrogens (primary N) is 2. The average molecular weight is 311 g/mol. The van der Waals surface area contributed by atoms with Crippen LogP contribution < -0.4 is 17.0 Å². The minimum atomic E-state index is -1.22. The van der Waals surface area contributed by atoms with Crippen LogP contribution in [0.1, 0.15) is 32.1 Å². The minimum Gasteiger partial charge on any atom is -0.476 e. The molecule has 0 aromatic heterocycles. The lowest BCUT2D eigenvalue weighted by Crippen LogP contribution is -2.32. The Kier molecular flexibility index (Phi) is 7.77. The summed E-state index contributed by atoms with van der Waals surface area (Å²) >= 11 is 0. The molecule has 1 fully saturated rings. The summed E-state index contributed by atoms with van der Waals surface area (Å²) in [7, 11) is 0. The second-order valence-corrected chi connectivity index (χ2v) is 4.86. The maximum Gasteiger partial charge on any atom is 0.358 e. The van der Waals surface area contributed by atoms with Crippen LogP contribution in [0.4, 0.5) is 4.39 Å². The van der Waals surface area contributed by atoms with Gasteiger partial charge in [-0.2, -0.15) is 0 Å². The Morgan fingerprint density at radius 1 is 1.23 bits per heavy atom. The summed E-state index contributed by atoms with van der Waals surface area (Å²) < 4.78 is 17.2. The Hall–Kier alpha value is -2.28. The van der Waals surface area contributed by atoms with Gasteiger partial charge >= 0.3 is 5.97 Å². The van der Waals surface area contributed by atoms with Gasteiger partial charge in [0.15, 0.2) is 5.70 Å². The molecule has 0 unspecified atom stereocenters. The maximum absolute atomic E-state index is 11.9. The molecule has 0 atom stereocenters. The molecule has 122 valence electrons. The van der Waals surface area contributed by atoms with Crippen LogP contribution in [0, 0.1) is 5.82 Å². The molecule has 0 heterocycles.